The molecule has 2 heterocycles. The van der Waals surface area contributed by atoms with Gasteiger partial charge in [0.05, 0.1) is 16.0 Å². The zero-order valence-electron chi connectivity index (χ0n) is 12.2. The Morgan fingerprint density at radius 1 is 1.43 bits per heavy atom. The summed E-state index contributed by atoms with van der Waals surface area (Å²) in [4.78, 5) is 27.6. The van der Waals surface area contributed by atoms with Crippen LogP contribution in [-0.4, -0.2) is 15.8 Å². The van der Waals surface area contributed by atoms with Crippen molar-refractivity contribution in [3.63, 3.8) is 0 Å². The molecule has 7 heteroatoms. The summed E-state index contributed by atoms with van der Waals surface area (Å²) in [5.74, 6) is -0.0626. The van der Waals surface area contributed by atoms with E-state index >= 15 is 0 Å². The number of carbonyl (C=O) groups excluding carboxylic acids is 1. The standard InChI is InChI=1S/C16H13N3O3S/c1-9(14-17-5-6-23-14)11-7-10(19(21)22)8-12-13(11)18-15(20)16(12)3-2-4-16/h5-8H,1-4H2,(H,18,20). The van der Waals surface area contributed by atoms with E-state index in [-0.39, 0.29) is 11.6 Å². The first kappa shape index (κ1) is 14.1. The fraction of sp³-hybridized carbons (Fsp3) is 0.250. The van der Waals surface area contributed by atoms with Gasteiger partial charge in [-0.3, -0.25) is 14.9 Å². The third-order valence-electron chi connectivity index (χ3n) is 4.75. The van der Waals surface area contributed by atoms with E-state index in [1.807, 2.05) is 5.38 Å². The Morgan fingerprint density at radius 2 is 2.22 bits per heavy atom. The second-order valence-corrected chi connectivity index (χ2v) is 6.77. The zero-order valence-corrected chi connectivity index (χ0v) is 13.0. The number of thiazole rings is 1. The molecule has 0 saturated heterocycles. The number of nitro groups is 1. The molecule has 1 saturated carbocycles. The molecule has 1 spiro atoms. The van der Waals surface area contributed by atoms with Crippen molar-refractivity contribution >= 4 is 34.2 Å². The van der Waals surface area contributed by atoms with Gasteiger partial charge in [0.25, 0.3) is 5.69 Å². The van der Waals surface area contributed by atoms with E-state index in [4.69, 9.17) is 0 Å². The van der Waals surface area contributed by atoms with Crippen LogP contribution in [-0.2, 0) is 10.2 Å². The molecule has 1 N–H and O–H groups in total. The molecule has 1 fully saturated rings. The summed E-state index contributed by atoms with van der Waals surface area (Å²) in [6.45, 7) is 4.04. The maximum Gasteiger partial charge on any atom is 0.270 e. The van der Waals surface area contributed by atoms with Crippen LogP contribution in [0.25, 0.3) is 5.57 Å². The lowest BCUT2D eigenvalue weighted by Gasteiger charge is -2.35. The second kappa shape index (κ2) is 4.73. The average Bonchev–Trinajstić information content (AvgIpc) is 3.09. The van der Waals surface area contributed by atoms with Crippen LogP contribution in [0.5, 0.6) is 0 Å². The monoisotopic (exact) mass is 327 g/mol. The third kappa shape index (κ3) is 1.86. The summed E-state index contributed by atoms with van der Waals surface area (Å²) in [5, 5.41) is 16.8. The van der Waals surface area contributed by atoms with Crippen LogP contribution in [0.2, 0.25) is 0 Å². The summed E-state index contributed by atoms with van der Waals surface area (Å²) in [6.07, 6.45) is 4.08. The third-order valence-corrected chi connectivity index (χ3v) is 5.58. The van der Waals surface area contributed by atoms with Gasteiger partial charge >= 0.3 is 0 Å². The molecule has 4 rings (SSSR count). The molecule has 1 amide bonds. The number of aromatic nitrogens is 1. The summed E-state index contributed by atoms with van der Waals surface area (Å²) in [6, 6.07) is 3.01. The highest BCUT2D eigenvalue weighted by atomic mass is 32.1. The van der Waals surface area contributed by atoms with Gasteiger partial charge in [0, 0.05) is 34.8 Å². The highest BCUT2D eigenvalue weighted by Gasteiger charge is 2.52. The molecular weight excluding hydrogens is 314 g/mol. The number of benzene rings is 1. The first-order valence-corrected chi connectivity index (χ1v) is 8.14. The lowest BCUT2D eigenvalue weighted by atomic mass is 9.65. The first-order chi connectivity index (χ1) is 11.0. The number of non-ortho nitro benzene ring substituents is 1. The van der Waals surface area contributed by atoms with Crippen molar-refractivity contribution in [3.05, 3.63) is 56.5 Å². The maximum absolute atomic E-state index is 12.5. The van der Waals surface area contributed by atoms with E-state index in [2.05, 4.69) is 16.9 Å². The number of anilines is 1. The molecule has 23 heavy (non-hydrogen) atoms. The van der Waals surface area contributed by atoms with Crippen molar-refractivity contribution in [3.8, 4) is 0 Å². The number of hydrogen-bond acceptors (Lipinski definition) is 5. The molecule has 1 aromatic carbocycles. The number of fused-ring (bicyclic) bond motifs is 2. The summed E-state index contributed by atoms with van der Waals surface area (Å²) >= 11 is 1.41. The fourth-order valence-corrected chi connectivity index (χ4v) is 3.98. The predicted octanol–water partition coefficient (Wildman–Crippen LogP) is 3.49. The lowest BCUT2D eigenvalue weighted by Crippen LogP contribution is -2.40. The van der Waals surface area contributed by atoms with E-state index in [9.17, 15) is 14.9 Å². The highest BCUT2D eigenvalue weighted by Crippen LogP contribution is 2.54. The molecule has 1 aromatic heterocycles. The molecule has 1 aliphatic carbocycles. The summed E-state index contributed by atoms with van der Waals surface area (Å²) in [7, 11) is 0. The van der Waals surface area contributed by atoms with Gasteiger partial charge in [-0.2, -0.15) is 0 Å². The first-order valence-electron chi connectivity index (χ1n) is 7.26. The van der Waals surface area contributed by atoms with Crippen molar-refractivity contribution < 1.29 is 9.72 Å². The van der Waals surface area contributed by atoms with E-state index in [1.165, 1.54) is 23.5 Å². The van der Waals surface area contributed by atoms with Gasteiger partial charge in [-0.1, -0.05) is 13.0 Å². The van der Waals surface area contributed by atoms with E-state index < -0.39 is 10.3 Å². The van der Waals surface area contributed by atoms with Crippen LogP contribution in [0.15, 0.2) is 30.3 Å². The van der Waals surface area contributed by atoms with Gasteiger partial charge in [0.15, 0.2) is 0 Å². The molecular formula is C16H13N3O3S. The van der Waals surface area contributed by atoms with Crippen LogP contribution in [0.4, 0.5) is 11.4 Å². The number of hydrogen-bond donors (Lipinski definition) is 1. The van der Waals surface area contributed by atoms with Crippen LogP contribution in [0.1, 0.15) is 35.4 Å². The van der Waals surface area contributed by atoms with Crippen molar-refractivity contribution in [1.29, 1.82) is 0 Å². The van der Waals surface area contributed by atoms with Gasteiger partial charge in [0.1, 0.15) is 5.01 Å². The van der Waals surface area contributed by atoms with E-state index in [0.717, 1.165) is 24.8 Å². The Bertz CT molecular complexity index is 854. The minimum absolute atomic E-state index is 0.0146. The van der Waals surface area contributed by atoms with Crippen LogP contribution >= 0.6 is 11.3 Å². The van der Waals surface area contributed by atoms with Gasteiger partial charge in [-0.15, -0.1) is 11.3 Å². The topological polar surface area (TPSA) is 85.1 Å². The molecule has 2 aromatic rings. The Morgan fingerprint density at radius 3 is 2.78 bits per heavy atom. The Labute approximate surface area is 136 Å². The minimum atomic E-state index is -0.598. The molecule has 2 aliphatic rings. The Hall–Kier alpha value is -2.54. The molecule has 6 nitrogen and oxygen atoms in total. The number of amides is 1. The largest absolute Gasteiger partial charge is 0.324 e. The smallest absolute Gasteiger partial charge is 0.270 e. The van der Waals surface area contributed by atoms with E-state index in [0.29, 0.717) is 21.8 Å². The minimum Gasteiger partial charge on any atom is -0.324 e. The normalized spacial score (nSPS) is 17.5. The highest BCUT2D eigenvalue weighted by molar-refractivity contribution is 7.10. The molecule has 116 valence electrons. The van der Waals surface area contributed by atoms with Crippen LogP contribution in [0, 0.1) is 10.1 Å². The number of nitrogens with zero attached hydrogens (tertiary/aromatic N) is 2. The predicted molar refractivity (Wildman–Crippen MR) is 87.5 cm³/mol. The van der Waals surface area contributed by atoms with Crippen molar-refractivity contribution in [2.24, 2.45) is 0 Å². The van der Waals surface area contributed by atoms with Gasteiger partial charge in [-0.05, 0) is 18.4 Å². The maximum atomic E-state index is 12.5. The van der Waals surface area contributed by atoms with E-state index in [1.54, 1.807) is 6.20 Å². The second-order valence-electron chi connectivity index (χ2n) is 5.88. The van der Waals surface area contributed by atoms with Gasteiger partial charge < -0.3 is 5.32 Å². The van der Waals surface area contributed by atoms with Crippen molar-refractivity contribution in [2.45, 2.75) is 24.7 Å². The zero-order chi connectivity index (χ0) is 16.2. The number of nitrogens with one attached hydrogen (secondary N) is 1. The van der Waals surface area contributed by atoms with Crippen LogP contribution in [0.3, 0.4) is 0 Å². The lowest BCUT2D eigenvalue weighted by molar-refractivity contribution is -0.385. The summed E-state index contributed by atoms with van der Waals surface area (Å²) in [5.41, 5.74) is 1.95. The molecule has 1 aliphatic heterocycles. The SMILES string of the molecule is C=C(c1nccs1)c1cc([N+](=O)[O-])cc2c1NC(=O)C21CCC1. The number of carbonyl (C=O) groups is 1. The van der Waals surface area contributed by atoms with Gasteiger partial charge in [0.2, 0.25) is 5.91 Å². The average molecular weight is 327 g/mol. The molecule has 0 unspecified atom stereocenters. The Balaban J connectivity index is 1.94. The fourth-order valence-electron chi connectivity index (χ4n) is 3.35. The van der Waals surface area contributed by atoms with Crippen LogP contribution < -0.4 is 5.32 Å². The van der Waals surface area contributed by atoms with Crippen molar-refractivity contribution in [1.82, 2.24) is 4.98 Å². The Kier molecular flexibility index (Phi) is 2.89. The molecule has 0 bridgehead atoms. The summed E-state index contributed by atoms with van der Waals surface area (Å²) < 4.78 is 0. The number of rotatable bonds is 3. The van der Waals surface area contributed by atoms with Gasteiger partial charge in [-0.25, -0.2) is 4.98 Å². The quantitative estimate of drug-likeness (QED) is 0.691. The molecule has 0 radical (unpaired) electrons. The van der Waals surface area contributed by atoms with Crippen molar-refractivity contribution in [2.75, 3.05) is 5.32 Å². The molecule has 0 atom stereocenters. The number of nitro benzene ring substituents is 1.